The Hall–Kier alpha value is -4.05. The minimum Gasteiger partial charge on any atom is -0.497 e. The van der Waals surface area contributed by atoms with E-state index in [4.69, 9.17) is 14.6 Å². The lowest BCUT2D eigenvalue weighted by Gasteiger charge is -2.18. The molecule has 3 aromatic carbocycles. The van der Waals surface area contributed by atoms with Crippen molar-refractivity contribution in [3.05, 3.63) is 83.4 Å². The number of nitrogens with one attached hydrogen (secondary N) is 1. The average Bonchev–Trinajstić information content (AvgIpc) is 2.84. The number of carboxylic acids is 2. The van der Waals surface area contributed by atoms with Gasteiger partial charge in [-0.1, -0.05) is 36.4 Å². The predicted octanol–water partition coefficient (Wildman–Crippen LogP) is 4.42. The Morgan fingerprint density at radius 3 is 2.36 bits per heavy atom. The predicted molar refractivity (Wildman–Crippen MR) is 133 cm³/mol. The van der Waals surface area contributed by atoms with Crippen LogP contribution in [0.25, 0.3) is 0 Å². The van der Waals surface area contributed by atoms with Crippen molar-refractivity contribution >= 4 is 27.6 Å². The highest BCUT2D eigenvalue weighted by atomic mass is 32.2. The fourth-order valence-electron chi connectivity index (χ4n) is 3.58. The number of methoxy groups -OCH3 is 1. The second kappa shape index (κ2) is 12.1. The Morgan fingerprint density at radius 1 is 0.944 bits per heavy atom. The molecule has 9 nitrogen and oxygen atoms in total. The van der Waals surface area contributed by atoms with E-state index in [1.165, 1.54) is 37.4 Å². The second-order valence-electron chi connectivity index (χ2n) is 7.92. The van der Waals surface area contributed by atoms with Crippen LogP contribution >= 0.6 is 0 Å². The first-order valence-corrected chi connectivity index (χ1v) is 12.6. The van der Waals surface area contributed by atoms with Gasteiger partial charge in [-0.3, -0.25) is 9.52 Å². The number of unbranched alkanes of at least 4 members (excludes halogenated alkanes) is 1. The van der Waals surface area contributed by atoms with Gasteiger partial charge in [0.1, 0.15) is 17.2 Å². The van der Waals surface area contributed by atoms with Crippen LogP contribution in [0.1, 0.15) is 40.7 Å². The lowest BCUT2D eigenvalue weighted by Crippen LogP contribution is -2.18. The first kappa shape index (κ1) is 26.6. The zero-order valence-electron chi connectivity index (χ0n) is 19.6. The van der Waals surface area contributed by atoms with Crippen LogP contribution in [0.4, 0.5) is 5.69 Å². The number of aliphatic carboxylic acids is 1. The number of hydrogen-bond donors (Lipinski definition) is 3. The number of anilines is 1. The number of carbonyl (C=O) groups is 2. The quantitative estimate of drug-likeness (QED) is 0.286. The molecule has 10 heteroatoms. The molecule has 0 atom stereocenters. The molecule has 0 aliphatic rings. The van der Waals surface area contributed by atoms with Crippen molar-refractivity contribution in [1.82, 2.24) is 0 Å². The smallest absolute Gasteiger partial charge is 0.337 e. The molecule has 0 fully saturated rings. The number of carboxylic acid groups (broad SMARTS) is 2. The van der Waals surface area contributed by atoms with Crippen molar-refractivity contribution in [3.8, 4) is 11.5 Å². The zero-order chi connectivity index (χ0) is 26.1. The summed E-state index contributed by atoms with van der Waals surface area (Å²) in [6.07, 6.45) is 1.04. The fraction of sp³-hybridized carbons (Fsp3) is 0.231. The van der Waals surface area contributed by atoms with Gasteiger partial charge >= 0.3 is 11.9 Å². The van der Waals surface area contributed by atoms with E-state index in [-0.39, 0.29) is 34.9 Å². The van der Waals surface area contributed by atoms with Gasteiger partial charge in [-0.05, 0) is 60.7 Å². The molecule has 0 radical (unpaired) electrons. The largest absolute Gasteiger partial charge is 0.497 e. The summed E-state index contributed by atoms with van der Waals surface area (Å²) in [6.45, 7) is 0.0902. The van der Waals surface area contributed by atoms with Crippen molar-refractivity contribution in [2.24, 2.45) is 0 Å². The van der Waals surface area contributed by atoms with Gasteiger partial charge in [-0.15, -0.1) is 0 Å². The van der Waals surface area contributed by atoms with Crippen LogP contribution in [0.15, 0.2) is 71.6 Å². The minimum atomic E-state index is -4.24. The van der Waals surface area contributed by atoms with E-state index < -0.39 is 22.0 Å². The molecular weight excluding hydrogens is 486 g/mol. The van der Waals surface area contributed by atoms with Crippen molar-refractivity contribution in [1.29, 1.82) is 0 Å². The van der Waals surface area contributed by atoms with Crippen molar-refractivity contribution in [2.75, 3.05) is 18.4 Å². The maximum Gasteiger partial charge on any atom is 0.337 e. The zero-order valence-corrected chi connectivity index (χ0v) is 20.5. The van der Waals surface area contributed by atoms with Gasteiger partial charge in [0.25, 0.3) is 10.0 Å². The van der Waals surface area contributed by atoms with Crippen LogP contribution in [0.5, 0.6) is 11.5 Å². The summed E-state index contributed by atoms with van der Waals surface area (Å²) in [7, 11) is -2.76. The molecule has 0 bridgehead atoms. The maximum absolute atomic E-state index is 13.5. The summed E-state index contributed by atoms with van der Waals surface area (Å²) in [5.41, 5.74) is 0.875. The highest BCUT2D eigenvalue weighted by Crippen LogP contribution is 2.33. The van der Waals surface area contributed by atoms with Crippen LogP contribution < -0.4 is 14.2 Å². The van der Waals surface area contributed by atoms with E-state index in [2.05, 4.69) is 4.72 Å². The maximum atomic E-state index is 13.5. The number of aromatic carboxylic acids is 1. The molecule has 0 spiro atoms. The van der Waals surface area contributed by atoms with E-state index in [9.17, 15) is 23.1 Å². The number of hydrogen-bond acceptors (Lipinski definition) is 6. The van der Waals surface area contributed by atoms with E-state index in [0.717, 1.165) is 5.56 Å². The lowest BCUT2D eigenvalue weighted by molar-refractivity contribution is -0.137. The second-order valence-corrected chi connectivity index (χ2v) is 9.58. The Bertz CT molecular complexity index is 1320. The molecule has 0 aliphatic carbocycles. The summed E-state index contributed by atoms with van der Waals surface area (Å²) < 4.78 is 40.4. The molecule has 0 aliphatic heterocycles. The van der Waals surface area contributed by atoms with Gasteiger partial charge in [0, 0.05) is 6.42 Å². The summed E-state index contributed by atoms with van der Waals surface area (Å²) in [5, 5.41) is 18.4. The highest BCUT2D eigenvalue weighted by Gasteiger charge is 2.25. The summed E-state index contributed by atoms with van der Waals surface area (Å²) in [6, 6.07) is 18.1. The molecule has 0 unspecified atom stereocenters. The van der Waals surface area contributed by atoms with Crippen LogP contribution in [-0.4, -0.2) is 44.3 Å². The topological polar surface area (TPSA) is 139 Å². The van der Waals surface area contributed by atoms with Crippen LogP contribution in [-0.2, 0) is 21.2 Å². The van der Waals surface area contributed by atoms with Gasteiger partial charge in [-0.25, -0.2) is 13.2 Å². The van der Waals surface area contributed by atoms with Gasteiger partial charge in [0.05, 0.1) is 24.2 Å². The Morgan fingerprint density at radius 2 is 1.69 bits per heavy atom. The summed E-state index contributed by atoms with van der Waals surface area (Å²) >= 11 is 0. The van der Waals surface area contributed by atoms with E-state index in [1.54, 1.807) is 6.07 Å². The number of rotatable bonds is 13. The molecule has 0 saturated heterocycles. The summed E-state index contributed by atoms with van der Waals surface area (Å²) in [4.78, 5) is 22.5. The Balaban J connectivity index is 1.95. The normalized spacial score (nSPS) is 11.0. The van der Waals surface area contributed by atoms with E-state index in [1.807, 2.05) is 30.3 Å². The van der Waals surface area contributed by atoms with Crippen LogP contribution in [0, 0.1) is 0 Å². The molecule has 0 amide bonds. The first-order chi connectivity index (χ1) is 17.2. The lowest BCUT2D eigenvalue weighted by atomic mass is 10.0. The average molecular weight is 514 g/mol. The van der Waals surface area contributed by atoms with Gasteiger partial charge in [0.2, 0.25) is 0 Å². The third kappa shape index (κ3) is 6.98. The van der Waals surface area contributed by atoms with Crippen molar-refractivity contribution < 1.29 is 37.7 Å². The van der Waals surface area contributed by atoms with E-state index in [0.29, 0.717) is 30.6 Å². The molecule has 3 rings (SSSR count). The third-order valence-electron chi connectivity index (χ3n) is 5.33. The molecule has 3 aromatic rings. The first-order valence-electron chi connectivity index (χ1n) is 11.2. The number of ether oxygens (including phenoxy) is 2. The molecule has 0 saturated carbocycles. The number of benzene rings is 3. The van der Waals surface area contributed by atoms with Crippen LogP contribution in [0.3, 0.4) is 0 Å². The molecule has 0 aromatic heterocycles. The van der Waals surface area contributed by atoms with Crippen molar-refractivity contribution in [2.45, 2.75) is 30.6 Å². The monoisotopic (exact) mass is 513 g/mol. The molecular formula is C26H27NO8S. The fourth-order valence-corrected chi connectivity index (χ4v) is 4.90. The Labute approximate surface area is 209 Å². The minimum absolute atomic E-state index is 0.0280. The summed E-state index contributed by atoms with van der Waals surface area (Å²) in [5.74, 6) is -1.74. The van der Waals surface area contributed by atoms with Gasteiger partial charge < -0.3 is 19.7 Å². The number of para-hydroxylation sites is 1. The third-order valence-corrected chi connectivity index (χ3v) is 6.78. The van der Waals surface area contributed by atoms with E-state index >= 15 is 0 Å². The highest BCUT2D eigenvalue weighted by molar-refractivity contribution is 7.92. The molecule has 0 heterocycles. The SMILES string of the molecule is COc1ccc(S(=O)(=O)Nc2c(OCCCCC(=O)O)cccc2C(=O)O)c(Cc2ccccc2)c1. The molecule has 190 valence electrons. The van der Waals surface area contributed by atoms with Gasteiger partial charge in [-0.2, -0.15) is 0 Å². The van der Waals surface area contributed by atoms with Crippen molar-refractivity contribution in [3.63, 3.8) is 0 Å². The Kier molecular flexibility index (Phi) is 8.91. The standard InChI is InChI=1S/C26H27NO8S/c1-34-20-13-14-23(19(17-20)16-18-8-3-2-4-9-18)36(32,33)27-25-21(26(30)31)10-7-11-22(25)35-15-6-5-12-24(28)29/h2-4,7-11,13-14,17,27H,5-6,12,15-16H2,1H3,(H,28,29)(H,30,31). The molecule has 3 N–H and O–H groups in total. The number of sulfonamides is 1. The van der Waals surface area contributed by atoms with Crippen LogP contribution in [0.2, 0.25) is 0 Å². The molecule has 36 heavy (non-hydrogen) atoms. The van der Waals surface area contributed by atoms with Gasteiger partial charge in [0.15, 0.2) is 0 Å².